The fourth-order valence-electron chi connectivity index (χ4n) is 1.01. The molecule has 1 aromatic rings. The van der Waals surface area contributed by atoms with Crippen LogP contribution >= 0.6 is 0 Å². The van der Waals surface area contributed by atoms with Gasteiger partial charge in [0.15, 0.2) is 0 Å². The molecule has 16 heavy (non-hydrogen) atoms. The van der Waals surface area contributed by atoms with Crippen molar-refractivity contribution in [1.29, 1.82) is 0 Å². The van der Waals surface area contributed by atoms with Crippen molar-refractivity contribution in [2.24, 2.45) is 0 Å². The lowest BCUT2D eigenvalue weighted by Gasteiger charge is -2.28. The van der Waals surface area contributed by atoms with Crippen LogP contribution in [-0.2, 0) is 5.92 Å². The van der Waals surface area contributed by atoms with Gasteiger partial charge in [0.25, 0.3) is 0 Å². The van der Waals surface area contributed by atoms with Crippen LogP contribution in [0.25, 0.3) is 0 Å². The van der Waals surface area contributed by atoms with Crippen molar-refractivity contribution < 1.29 is 30.7 Å². The zero-order chi connectivity index (χ0) is 12.6. The van der Waals surface area contributed by atoms with Crippen LogP contribution in [0.15, 0.2) is 30.3 Å². The van der Waals surface area contributed by atoms with Gasteiger partial charge in [0.1, 0.15) is 0 Å². The molecule has 0 atom stereocenters. The van der Waals surface area contributed by atoms with E-state index in [-0.39, 0.29) is 0 Å². The Morgan fingerprint density at radius 2 is 1.12 bits per heavy atom. The Balaban J connectivity index is 3.22. The molecule has 0 aromatic heterocycles. The molecule has 0 bridgehead atoms. The summed E-state index contributed by atoms with van der Waals surface area (Å²) < 4.78 is 86.3. The summed E-state index contributed by atoms with van der Waals surface area (Å²) in [6.45, 7) is 0. The van der Waals surface area contributed by atoms with Gasteiger partial charge in [0.05, 0.1) is 0 Å². The van der Waals surface area contributed by atoms with E-state index in [0.29, 0.717) is 12.1 Å². The number of halogens is 7. The largest absolute Gasteiger partial charge is 0.460 e. The number of rotatable bonds is 2. The van der Waals surface area contributed by atoms with Crippen molar-refractivity contribution in [3.05, 3.63) is 35.9 Å². The first-order valence-corrected chi connectivity index (χ1v) is 3.98. The van der Waals surface area contributed by atoms with Crippen LogP contribution in [-0.4, -0.2) is 12.1 Å². The second-order valence-corrected chi connectivity index (χ2v) is 3.01. The van der Waals surface area contributed by atoms with Gasteiger partial charge in [-0.2, -0.15) is 30.7 Å². The molecular weight excluding hydrogens is 241 g/mol. The topological polar surface area (TPSA) is 0 Å². The lowest BCUT2D eigenvalue weighted by Crippen LogP contribution is -2.49. The van der Waals surface area contributed by atoms with E-state index in [9.17, 15) is 30.7 Å². The molecule has 0 radical (unpaired) electrons. The van der Waals surface area contributed by atoms with Crippen LogP contribution in [0.1, 0.15) is 5.56 Å². The van der Waals surface area contributed by atoms with E-state index in [0.717, 1.165) is 12.1 Å². The van der Waals surface area contributed by atoms with Crippen LogP contribution in [0.4, 0.5) is 30.7 Å². The minimum Gasteiger partial charge on any atom is -0.194 e. The fourth-order valence-corrected chi connectivity index (χ4v) is 1.01. The minimum absolute atomic E-state index is 0.514. The summed E-state index contributed by atoms with van der Waals surface area (Å²) in [5.41, 5.74) is -1.38. The lowest BCUT2D eigenvalue weighted by molar-refractivity contribution is -0.359. The van der Waals surface area contributed by atoms with Crippen molar-refractivity contribution >= 4 is 0 Å². The second kappa shape index (κ2) is 3.64. The molecule has 0 unspecified atom stereocenters. The quantitative estimate of drug-likeness (QED) is 0.692. The van der Waals surface area contributed by atoms with Gasteiger partial charge < -0.3 is 0 Å². The fraction of sp³-hybridized carbons (Fsp3) is 0.333. The molecule has 0 aliphatic carbocycles. The smallest absolute Gasteiger partial charge is 0.194 e. The molecule has 1 aromatic carbocycles. The summed E-state index contributed by atoms with van der Waals surface area (Å²) in [6.07, 6.45) is -6.30. The Morgan fingerprint density at radius 3 is 1.50 bits per heavy atom. The molecule has 0 spiro atoms. The molecule has 0 N–H and O–H groups in total. The Hall–Kier alpha value is -1.27. The van der Waals surface area contributed by atoms with E-state index in [1.165, 1.54) is 6.07 Å². The Morgan fingerprint density at radius 1 is 0.688 bits per heavy atom. The third-order valence-electron chi connectivity index (χ3n) is 1.89. The van der Waals surface area contributed by atoms with Gasteiger partial charge in [-0.1, -0.05) is 30.3 Å². The summed E-state index contributed by atoms with van der Waals surface area (Å²) in [7, 11) is 0. The van der Waals surface area contributed by atoms with E-state index in [1.807, 2.05) is 0 Å². The van der Waals surface area contributed by atoms with Crippen molar-refractivity contribution in [2.45, 2.75) is 18.0 Å². The summed E-state index contributed by atoms with van der Waals surface area (Å²) in [6, 6.07) is 4.16. The molecular formula is C9H5F7. The summed E-state index contributed by atoms with van der Waals surface area (Å²) in [4.78, 5) is 0. The first-order chi connectivity index (χ1) is 7.11. The first kappa shape index (κ1) is 12.8. The average molecular weight is 246 g/mol. The standard InChI is InChI=1S/C9H5F7/c10-7(11,6-4-2-1-3-5-6)8(12,13)9(14,15)16/h1-5H. The maximum Gasteiger partial charge on any atom is 0.460 e. The molecule has 90 valence electrons. The normalized spacial score (nSPS) is 13.9. The second-order valence-electron chi connectivity index (χ2n) is 3.01. The SMILES string of the molecule is FC(F)(F)C(F)(F)C(F)(F)c1ccccc1. The monoisotopic (exact) mass is 246 g/mol. The van der Waals surface area contributed by atoms with E-state index in [1.54, 1.807) is 0 Å². The number of hydrogen-bond donors (Lipinski definition) is 0. The maximum absolute atomic E-state index is 13.0. The van der Waals surface area contributed by atoms with Gasteiger partial charge in [0.2, 0.25) is 0 Å². The van der Waals surface area contributed by atoms with Gasteiger partial charge >= 0.3 is 18.0 Å². The third kappa shape index (κ3) is 1.85. The van der Waals surface area contributed by atoms with Gasteiger partial charge in [-0.3, -0.25) is 0 Å². The van der Waals surface area contributed by atoms with Gasteiger partial charge in [-0.25, -0.2) is 0 Å². The Kier molecular flexibility index (Phi) is 2.91. The molecule has 0 aliphatic rings. The molecule has 0 fully saturated rings. The zero-order valence-electron chi connectivity index (χ0n) is 7.53. The van der Waals surface area contributed by atoms with Crippen LogP contribution in [0.5, 0.6) is 0 Å². The first-order valence-electron chi connectivity index (χ1n) is 3.98. The van der Waals surface area contributed by atoms with Crippen LogP contribution in [0.2, 0.25) is 0 Å². The number of benzene rings is 1. The Bertz CT molecular complexity index is 352. The highest BCUT2D eigenvalue weighted by molar-refractivity contribution is 5.23. The molecule has 0 saturated carbocycles. The zero-order valence-corrected chi connectivity index (χ0v) is 7.53. The van der Waals surface area contributed by atoms with E-state index < -0.39 is 23.6 Å². The molecule has 1 rings (SSSR count). The van der Waals surface area contributed by atoms with Crippen molar-refractivity contribution in [3.63, 3.8) is 0 Å². The predicted molar refractivity (Wildman–Crippen MR) is 41.3 cm³/mol. The van der Waals surface area contributed by atoms with Crippen LogP contribution in [0.3, 0.4) is 0 Å². The maximum atomic E-state index is 13.0. The molecule has 0 heterocycles. The molecule has 0 nitrogen and oxygen atoms in total. The highest BCUT2D eigenvalue weighted by atomic mass is 19.4. The minimum atomic E-state index is -6.30. The summed E-state index contributed by atoms with van der Waals surface area (Å²) in [5, 5.41) is 0. The van der Waals surface area contributed by atoms with E-state index in [4.69, 9.17) is 0 Å². The van der Waals surface area contributed by atoms with Crippen molar-refractivity contribution in [1.82, 2.24) is 0 Å². The predicted octanol–water partition coefficient (Wildman–Crippen LogP) is 3.98. The number of hydrogen-bond acceptors (Lipinski definition) is 0. The van der Waals surface area contributed by atoms with Gasteiger partial charge in [-0.15, -0.1) is 0 Å². The van der Waals surface area contributed by atoms with E-state index >= 15 is 0 Å². The van der Waals surface area contributed by atoms with Crippen molar-refractivity contribution in [2.75, 3.05) is 0 Å². The summed E-state index contributed by atoms with van der Waals surface area (Å²) >= 11 is 0. The van der Waals surface area contributed by atoms with Crippen LogP contribution < -0.4 is 0 Å². The van der Waals surface area contributed by atoms with Crippen molar-refractivity contribution in [3.8, 4) is 0 Å². The highest BCUT2D eigenvalue weighted by Crippen LogP contribution is 2.51. The highest BCUT2D eigenvalue weighted by Gasteiger charge is 2.73. The lowest BCUT2D eigenvalue weighted by atomic mass is 10.0. The molecule has 0 aliphatic heterocycles. The molecule has 0 saturated heterocycles. The van der Waals surface area contributed by atoms with Gasteiger partial charge in [-0.05, 0) is 0 Å². The Labute approximate surface area is 85.7 Å². The molecule has 7 heteroatoms. The van der Waals surface area contributed by atoms with E-state index in [2.05, 4.69) is 0 Å². The summed E-state index contributed by atoms with van der Waals surface area (Å²) in [5.74, 6) is -11.4. The van der Waals surface area contributed by atoms with Gasteiger partial charge in [0, 0.05) is 5.56 Å². The van der Waals surface area contributed by atoms with Crippen LogP contribution in [0, 0.1) is 0 Å². The average Bonchev–Trinajstić information content (AvgIpc) is 2.17. The molecule has 0 amide bonds. The number of alkyl halides is 7. The third-order valence-corrected chi connectivity index (χ3v) is 1.89.